The van der Waals surface area contributed by atoms with Crippen LogP contribution in [0.1, 0.15) is 10.4 Å². The number of nitro benzene ring substituents is 1. The van der Waals surface area contributed by atoms with E-state index in [1.54, 1.807) is 0 Å². The monoisotopic (exact) mass is 438 g/mol. The highest BCUT2D eigenvalue weighted by Gasteiger charge is 2.26. The van der Waals surface area contributed by atoms with E-state index >= 15 is 0 Å². The van der Waals surface area contributed by atoms with E-state index in [1.165, 1.54) is 6.07 Å². The molecule has 0 radical (unpaired) electrons. The lowest BCUT2D eigenvalue weighted by Gasteiger charge is -2.13. The molecule has 0 aliphatic carbocycles. The number of amides is 1. The summed E-state index contributed by atoms with van der Waals surface area (Å²) in [5.41, 5.74) is -1.36. The van der Waals surface area contributed by atoms with Crippen LogP contribution in [0.3, 0.4) is 0 Å². The minimum atomic E-state index is -3.28. The van der Waals surface area contributed by atoms with Crippen molar-refractivity contribution < 1.29 is 41.5 Å². The zero-order valence-corrected chi connectivity index (χ0v) is 15.1. The minimum Gasteiger partial charge on any atom is -0.493 e. The van der Waals surface area contributed by atoms with E-state index < -0.39 is 41.1 Å². The number of halogens is 5. The van der Waals surface area contributed by atoms with Gasteiger partial charge >= 0.3 is 13.2 Å². The molecule has 0 saturated heterocycles. The second-order valence-electron chi connectivity index (χ2n) is 5.13. The van der Waals surface area contributed by atoms with Gasteiger partial charge in [0.05, 0.1) is 23.1 Å². The molecule has 0 bridgehead atoms. The standard InChI is InChI=1S/C16H11ClF4N2O6/c1-27-12-5-8(10(23(25)26)6-13(12)29-16(20)21)14(24)22-7-2-3-11(9(17)4-7)28-15(18)19/h2-6,15-16H,1H3,(H,22,24). The highest BCUT2D eigenvalue weighted by atomic mass is 35.5. The predicted molar refractivity (Wildman–Crippen MR) is 92.3 cm³/mol. The summed E-state index contributed by atoms with van der Waals surface area (Å²) in [5.74, 6) is -2.35. The quantitative estimate of drug-likeness (QED) is 0.364. The van der Waals surface area contributed by atoms with Gasteiger partial charge in [0.25, 0.3) is 11.6 Å². The SMILES string of the molecule is COc1cc(C(=O)Nc2ccc(OC(F)F)c(Cl)c2)c([N+](=O)[O-])cc1OC(F)F. The Morgan fingerprint density at radius 3 is 2.21 bits per heavy atom. The van der Waals surface area contributed by atoms with Crippen LogP contribution >= 0.6 is 11.6 Å². The molecule has 0 aromatic heterocycles. The van der Waals surface area contributed by atoms with Gasteiger partial charge in [-0.2, -0.15) is 17.6 Å². The van der Waals surface area contributed by atoms with Crippen LogP contribution in [0.5, 0.6) is 17.2 Å². The van der Waals surface area contributed by atoms with E-state index in [0.717, 1.165) is 25.3 Å². The molecule has 0 heterocycles. The lowest BCUT2D eigenvalue weighted by molar-refractivity contribution is -0.385. The maximum atomic E-state index is 12.5. The van der Waals surface area contributed by atoms with Gasteiger partial charge in [0, 0.05) is 11.8 Å². The molecule has 156 valence electrons. The number of methoxy groups -OCH3 is 1. The van der Waals surface area contributed by atoms with Crippen LogP contribution in [0, 0.1) is 10.1 Å². The summed E-state index contributed by atoms with van der Waals surface area (Å²) in [6, 6.07) is 4.76. The van der Waals surface area contributed by atoms with Crippen molar-refractivity contribution >= 4 is 28.9 Å². The first-order chi connectivity index (χ1) is 13.6. The molecule has 0 aliphatic rings. The lowest BCUT2D eigenvalue weighted by Crippen LogP contribution is -2.15. The van der Waals surface area contributed by atoms with Gasteiger partial charge in [-0.05, 0) is 18.2 Å². The molecule has 2 aromatic rings. The van der Waals surface area contributed by atoms with Crippen molar-refractivity contribution in [3.63, 3.8) is 0 Å². The van der Waals surface area contributed by atoms with Gasteiger partial charge < -0.3 is 19.5 Å². The number of nitrogens with zero attached hydrogens (tertiary/aromatic N) is 1. The molecular formula is C16H11ClF4N2O6. The molecule has 2 rings (SSSR count). The van der Waals surface area contributed by atoms with Crippen molar-refractivity contribution in [2.45, 2.75) is 13.2 Å². The minimum absolute atomic E-state index is 0.00258. The third kappa shape index (κ3) is 5.60. The number of anilines is 1. The van der Waals surface area contributed by atoms with E-state index in [0.29, 0.717) is 6.07 Å². The Morgan fingerprint density at radius 1 is 1.07 bits per heavy atom. The predicted octanol–water partition coefficient (Wildman–Crippen LogP) is 4.71. The van der Waals surface area contributed by atoms with Crippen molar-refractivity contribution in [1.82, 2.24) is 0 Å². The van der Waals surface area contributed by atoms with Gasteiger partial charge in [-0.25, -0.2) is 0 Å². The molecular weight excluding hydrogens is 428 g/mol. The Labute approximate surface area is 165 Å². The van der Waals surface area contributed by atoms with Crippen LogP contribution in [0.2, 0.25) is 5.02 Å². The van der Waals surface area contributed by atoms with Crippen LogP contribution in [0.4, 0.5) is 28.9 Å². The average molecular weight is 439 g/mol. The fourth-order valence-corrected chi connectivity index (χ4v) is 2.42. The molecule has 0 atom stereocenters. The van der Waals surface area contributed by atoms with E-state index in [-0.39, 0.29) is 22.2 Å². The van der Waals surface area contributed by atoms with Gasteiger partial charge in [0.15, 0.2) is 11.5 Å². The molecule has 0 aliphatic heterocycles. The van der Waals surface area contributed by atoms with E-state index in [4.69, 9.17) is 16.3 Å². The summed E-state index contributed by atoms with van der Waals surface area (Å²) < 4.78 is 62.6. The highest BCUT2D eigenvalue weighted by Crippen LogP contribution is 2.36. The molecule has 8 nitrogen and oxygen atoms in total. The number of carbonyl (C=O) groups excluding carboxylic acids is 1. The number of nitro groups is 1. The van der Waals surface area contributed by atoms with Gasteiger partial charge in [-0.1, -0.05) is 11.6 Å². The molecule has 0 fully saturated rings. The first-order valence-corrected chi connectivity index (χ1v) is 7.87. The lowest BCUT2D eigenvalue weighted by atomic mass is 10.1. The zero-order chi connectivity index (χ0) is 21.7. The molecule has 0 saturated carbocycles. The first kappa shape index (κ1) is 22.0. The molecule has 2 aromatic carbocycles. The Bertz CT molecular complexity index is 929. The Hall–Kier alpha value is -3.28. The number of hydrogen-bond acceptors (Lipinski definition) is 6. The van der Waals surface area contributed by atoms with Gasteiger partial charge in [-0.3, -0.25) is 14.9 Å². The van der Waals surface area contributed by atoms with Crippen LogP contribution in [0.15, 0.2) is 30.3 Å². The van der Waals surface area contributed by atoms with Gasteiger partial charge in [-0.15, -0.1) is 0 Å². The molecule has 13 heteroatoms. The maximum absolute atomic E-state index is 12.5. The van der Waals surface area contributed by atoms with Crippen LogP contribution in [-0.2, 0) is 0 Å². The number of hydrogen-bond donors (Lipinski definition) is 1. The smallest absolute Gasteiger partial charge is 0.387 e. The second-order valence-corrected chi connectivity index (χ2v) is 5.54. The summed E-state index contributed by atoms with van der Waals surface area (Å²) in [4.78, 5) is 22.7. The maximum Gasteiger partial charge on any atom is 0.387 e. The summed E-state index contributed by atoms with van der Waals surface area (Å²) in [6.07, 6.45) is 0. The van der Waals surface area contributed by atoms with Gasteiger partial charge in [0.1, 0.15) is 11.3 Å². The normalized spacial score (nSPS) is 10.8. The zero-order valence-electron chi connectivity index (χ0n) is 14.3. The largest absolute Gasteiger partial charge is 0.493 e. The van der Waals surface area contributed by atoms with Crippen LogP contribution in [-0.4, -0.2) is 31.2 Å². The summed E-state index contributed by atoms with van der Waals surface area (Å²) in [6.45, 7) is -6.39. The summed E-state index contributed by atoms with van der Waals surface area (Å²) in [7, 11) is 1.09. The highest BCUT2D eigenvalue weighted by molar-refractivity contribution is 6.32. The summed E-state index contributed by atoms with van der Waals surface area (Å²) in [5, 5.41) is 13.3. The van der Waals surface area contributed by atoms with E-state index in [2.05, 4.69) is 14.8 Å². The van der Waals surface area contributed by atoms with Crippen molar-refractivity contribution in [2.24, 2.45) is 0 Å². The number of benzene rings is 2. The molecule has 1 amide bonds. The topological polar surface area (TPSA) is 99.9 Å². The van der Waals surface area contributed by atoms with Crippen LogP contribution < -0.4 is 19.5 Å². The number of ether oxygens (including phenoxy) is 3. The third-order valence-corrected chi connectivity index (χ3v) is 3.64. The fraction of sp³-hybridized carbons (Fsp3) is 0.188. The van der Waals surface area contributed by atoms with Crippen molar-refractivity contribution in [2.75, 3.05) is 12.4 Å². The second kappa shape index (κ2) is 9.28. The average Bonchev–Trinajstić information content (AvgIpc) is 2.62. The number of alkyl halides is 4. The Kier molecular flexibility index (Phi) is 7.04. The van der Waals surface area contributed by atoms with Crippen molar-refractivity contribution in [1.29, 1.82) is 0 Å². The van der Waals surface area contributed by atoms with E-state index in [1.807, 2.05) is 0 Å². The van der Waals surface area contributed by atoms with E-state index in [9.17, 15) is 32.5 Å². The third-order valence-electron chi connectivity index (χ3n) is 3.35. The molecule has 1 N–H and O–H groups in total. The molecule has 0 unspecified atom stereocenters. The van der Waals surface area contributed by atoms with Crippen LogP contribution in [0.25, 0.3) is 0 Å². The summed E-state index contributed by atoms with van der Waals surface area (Å²) >= 11 is 5.78. The van der Waals surface area contributed by atoms with Crippen molar-refractivity contribution in [3.8, 4) is 17.2 Å². The van der Waals surface area contributed by atoms with Gasteiger partial charge in [0.2, 0.25) is 0 Å². The Balaban J connectivity index is 2.36. The molecule has 29 heavy (non-hydrogen) atoms. The fourth-order valence-electron chi connectivity index (χ4n) is 2.20. The first-order valence-electron chi connectivity index (χ1n) is 7.49. The number of rotatable bonds is 8. The van der Waals surface area contributed by atoms with Crippen molar-refractivity contribution in [3.05, 3.63) is 51.0 Å². The molecule has 0 spiro atoms. The number of carbonyl (C=O) groups is 1. The number of nitrogens with one attached hydrogen (secondary N) is 1. The Morgan fingerprint density at radius 2 is 1.69 bits per heavy atom.